The standard InChI is InChI=1S/C29H40Cl3NO3Si/c1-18(2)37(19(3)4,20(5)6)36-25-13-12-24(26(31)27(25)32)28(34)21(7)33-16-14-29(35,15-17-33)22-8-10-23(30)11-9-22/h8-13,18-21,35H,14-17H2,1-7H3. The summed E-state index contributed by atoms with van der Waals surface area (Å²) in [4.78, 5) is 15.6. The van der Waals surface area contributed by atoms with Crippen LogP contribution in [0.1, 0.15) is 77.2 Å². The number of rotatable bonds is 9. The highest BCUT2D eigenvalue weighted by Gasteiger charge is 2.47. The summed E-state index contributed by atoms with van der Waals surface area (Å²) >= 11 is 19.4. The first kappa shape index (κ1) is 30.5. The van der Waals surface area contributed by atoms with E-state index in [2.05, 4.69) is 46.4 Å². The monoisotopic (exact) mass is 583 g/mol. The van der Waals surface area contributed by atoms with Crippen molar-refractivity contribution in [2.75, 3.05) is 13.1 Å². The van der Waals surface area contributed by atoms with E-state index < -0.39 is 20.0 Å². The molecule has 1 fully saturated rings. The van der Waals surface area contributed by atoms with Gasteiger partial charge in [-0.2, -0.15) is 0 Å². The molecule has 1 saturated heterocycles. The normalized spacial score (nSPS) is 17.5. The largest absolute Gasteiger partial charge is 0.542 e. The number of nitrogens with zero attached hydrogens (tertiary/aromatic N) is 1. The molecule has 0 spiro atoms. The lowest BCUT2D eigenvalue weighted by molar-refractivity contribution is -0.0318. The van der Waals surface area contributed by atoms with Gasteiger partial charge in [-0.1, -0.05) is 88.5 Å². The topological polar surface area (TPSA) is 49.8 Å². The number of likely N-dealkylation sites (tertiary alicyclic amines) is 1. The maximum Gasteiger partial charge on any atom is 0.258 e. The number of Topliss-reactive ketones (excluding diaryl/α,β-unsaturated/α-hetero) is 1. The van der Waals surface area contributed by atoms with Crippen LogP contribution < -0.4 is 4.43 Å². The van der Waals surface area contributed by atoms with Crippen LogP contribution in [0.15, 0.2) is 36.4 Å². The molecule has 3 rings (SSSR count). The quantitative estimate of drug-likeness (QED) is 0.236. The van der Waals surface area contributed by atoms with E-state index in [0.717, 1.165) is 5.56 Å². The Morgan fingerprint density at radius 2 is 1.38 bits per heavy atom. The molecule has 37 heavy (non-hydrogen) atoms. The zero-order valence-corrected chi connectivity index (χ0v) is 26.2. The van der Waals surface area contributed by atoms with Crippen LogP contribution in [0.4, 0.5) is 0 Å². The molecule has 0 aromatic heterocycles. The van der Waals surface area contributed by atoms with E-state index in [0.29, 0.717) is 63.9 Å². The van der Waals surface area contributed by atoms with Crippen molar-refractivity contribution in [3.05, 3.63) is 62.6 Å². The van der Waals surface area contributed by atoms with Crippen molar-refractivity contribution >= 4 is 48.9 Å². The second-order valence-electron chi connectivity index (χ2n) is 11.3. The van der Waals surface area contributed by atoms with Crippen molar-refractivity contribution in [1.82, 2.24) is 4.90 Å². The highest BCUT2D eigenvalue weighted by molar-refractivity contribution is 6.78. The van der Waals surface area contributed by atoms with Crippen LogP contribution in [0.2, 0.25) is 31.7 Å². The summed E-state index contributed by atoms with van der Waals surface area (Å²) in [5.74, 6) is 0.472. The highest BCUT2D eigenvalue weighted by atomic mass is 35.5. The molecule has 0 saturated carbocycles. The Balaban J connectivity index is 1.77. The number of ketones is 1. The minimum absolute atomic E-state index is 0.0875. The van der Waals surface area contributed by atoms with Crippen molar-refractivity contribution < 1.29 is 14.3 Å². The minimum Gasteiger partial charge on any atom is -0.542 e. The van der Waals surface area contributed by atoms with Crippen molar-refractivity contribution in [2.24, 2.45) is 0 Å². The molecule has 1 heterocycles. The van der Waals surface area contributed by atoms with Crippen LogP contribution in [0, 0.1) is 0 Å². The van der Waals surface area contributed by atoms with E-state index in [1.165, 1.54) is 0 Å². The number of hydrogen-bond acceptors (Lipinski definition) is 4. The molecule has 204 valence electrons. The fraction of sp³-hybridized carbons (Fsp3) is 0.552. The van der Waals surface area contributed by atoms with Crippen LogP contribution in [0.5, 0.6) is 5.75 Å². The molecule has 1 atom stereocenters. The summed E-state index contributed by atoms with van der Waals surface area (Å²) in [7, 11) is -2.23. The van der Waals surface area contributed by atoms with Crippen LogP contribution in [0.3, 0.4) is 0 Å². The van der Waals surface area contributed by atoms with Gasteiger partial charge in [-0.15, -0.1) is 0 Å². The van der Waals surface area contributed by atoms with Crippen LogP contribution >= 0.6 is 34.8 Å². The predicted molar refractivity (Wildman–Crippen MR) is 158 cm³/mol. The molecule has 1 aliphatic rings. The van der Waals surface area contributed by atoms with E-state index >= 15 is 0 Å². The summed E-state index contributed by atoms with van der Waals surface area (Å²) in [6.07, 6.45) is 1.06. The Morgan fingerprint density at radius 1 is 0.865 bits per heavy atom. The van der Waals surface area contributed by atoms with Gasteiger partial charge in [0.1, 0.15) is 10.8 Å². The van der Waals surface area contributed by atoms with Crippen molar-refractivity contribution in [3.8, 4) is 5.75 Å². The van der Waals surface area contributed by atoms with E-state index in [9.17, 15) is 9.90 Å². The number of hydrogen-bond donors (Lipinski definition) is 1. The summed E-state index contributed by atoms with van der Waals surface area (Å²) in [6, 6.07) is 10.5. The number of carbonyl (C=O) groups is 1. The van der Waals surface area contributed by atoms with Gasteiger partial charge >= 0.3 is 0 Å². The van der Waals surface area contributed by atoms with Gasteiger partial charge in [0.2, 0.25) is 0 Å². The van der Waals surface area contributed by atoms with Gasteiger partial charge in [-0.3, -0.25) is 9.69 Å². The number of halogens is 3. The third-order valence-electron chi connectivity index (χ3n) is 8.24. The van der Waals surface area contributed by atoms with Gasteiger partial charge in [-0.25, -0.2) is 0 Å². The van der Waals surface area contributed by atoms with Gasteiger partial charge in [0.25, 0.3) is 8.32 Å². The molecule has 0 bridgehead atoms. The molecule has 2 aromatic carbocycles. The molecule has 8 heteroatoms. The number of aliphatic hydroxyl groups is 1. The average molecular weight is 585 g/mol. The smallest absolute Gasteiger partial charge is 0.258 e. The third-order valence-corrected chi connectivity index (χ3v) is 15.3. The predicted octanol–water partition coefficient (Wildman–Crippen LogP) is 8.76. The maximum atomic E-state index is 13.5. The maximum absolute atomic E-state index is 13.5. The van der Waals surface area contributed by atoms with Gasteiger partial charge in [0.15, 0.2) is 5.78 Å². The van der Waals surface area contributed by atoms with Crippen molar-refractivity contribution in [2.45, 2.75) is 89.6 Å². The molecule has 1 N–H and O–H groups in total. The third kappa shape index (κ3) is 6.07. The second kappa shape index (κ2) is 12.0. The first-order valence-electron chi connectivity index (χ1n) is 13.2. The Morgan fingerprint density at radius 3 is 1.86 bits per heavy atom. The fourth-order valence-corrected chi connectivity index (χ4v) is 12.0. The zero-order valence-electron chi connectivity index (χ0n) is 22.9. The molecular weight excluding hydrogens is 545 g/mol. The molecule has 1 unspecified atom stereocenters. The number of piperidine rings is 1. The average Bonchev–Trinajstić information content (AvgIpc) is 2.84. The lowest BCUT2D eigenvalue weighted by atomic mass is 9.84. The Labute approximate surface area is 238 Å². The number of carbonyl (C=O) groups excluding carboxylic acids is 1. The van der Waals surface area contributed by atoms with Gasteiger partial charge < -0.3 is 9.53 Å². The molecule has 0 aliphatic carbocycles. The molecule has 2 aromatic rings. The zero-order chi connectivity index (χ0) is 27.7. The minimum atomic E-state index is -2.23. The first-order valence-corrected chi connectivity index (χ1v) is 16.5. The van der Waals surface area contributed by atoms with Gasteiger partial charge in [0.05, 0.1) is 16.7 Å². The van der Waals surface area contributed by atoms with Crippen molar-refractivity contribution in [1.29, 1.82) is 0 Å². The Hall–Kier alpha value is -1.08. The highest BCUT2D eigenvalue weighted by Crippen LogP contribution is 2.46. The lowest BCUT2D eigenvalue weighted by Gasteiger charge is -2.42. The van der Waals surface area contributed by atoms with E-state index in [1.807, 2.05) is 19.1 Å². The Kier molecular flexibility index (Phi) is 9.86. The van der Waals surface area contributed by atoms with Crippen LogP contribution in [-0.2, 0) is 5.60 Å². The Bertz CT molecular complexity index is 1070. The second-order valence-corrected chi connectivity index (χ2v) is 17.8. The SMILES string of the molecule is CC(C(=O)c1ccc(O[Si](C(C)C)(C(C)C)C(C)C)c(Cl)c1Cl)N1CCC(O)(c2ccc(Cl)cc2)CC1. The summed E-state index contributed by atoms with van der Waals surface area (Å²) in [5.41, 5.74) is 1.47. The molecule has 1 aliphatic heterocycles. The summed E-state index contributed by atoms with van der Waals surface area (Å²) in [5, 5.41) is 12.4. The molecular formula is C29H40Cl3NO3Si. The van der Waals surface area contributed by atoms with E-state index in [-0.39, 0.29) is 10.8 Å². The van der Waals surface area contributed by atoms with Gasteiger partial charge in [-0.05, 0) is 66.2 Å². The first-order chi connectivity index (χ1) is 17.2. The molecule has 4 nitrogen and oxygen atoms in total. The number of benzene rings is 2. The van der Waals surface area contributed by atoms with Crippen LogP contribution in [-0.4, -0.2) is 43.2 Å². The van der Waals surface area contributed by atoms with Crippen molar-refractivity contribution in [3.63, 3.8) is 0 Å². The molecule has 0 amide bonds. The van der Waals surface area contributed by atoms with E-state index in [1.54, 1.807) is 24.3 Å². The summed E-state index contributed by atoms with van der Waals surface area (Å²) in [6.45, 7) is 16.4. The van der Waals surface area contributed by atoms with Gasteiger partial charge in [0, 0.05) is 23.7 Å². The molecule has 0 radical (unpaired) electrons. The van der Waals surface area contributed by atoms with Crippen LogP contribution in [0.25, 0.3) is 0 Å². The lowest BCUT2D eigenvalue weighted by Crippen LogP contribution is -2.50. The fourth-order valence-electron chi connectivity index (χ4n) is 6.07. The van der Waals surface area contributed by atoms with E-state index in [4.69, 9.17) is 39.2 Å². The summed E-state index contributed by atoms with van der Waals surface area (Å²) < 4.78 is 6.75.